The Kier molecular flexibility index (Phi) is 4.21. The summed E-state index contributed by atoms with van der Waals surface area (Å²) in [6, 6.07) is 18.9. The number of phenolic OH excluding ortho intramolecular Hbond substituents is 1. The molecule has 29 heavy (non-hydrogen) atoms. The molecule has 0 spiro atoms. The summed E-state index contributed by atoms with van der Waals surface area (Å²) >= 11 is 0. The van der Waals surface area contributed by atoms with Gasteiger partial charge in [0.2, 0.25) is 0 Å². The van der Waals surface area contributed by atoms with Gasteiger partial charge >= 0.3 is 0 Å². The van der Waals surface area contributed by atoms with Crippen LogP contribution in [0.15, 0.2) is 60.7 Å². The molecule has 1 fully saturated rings. The predicted molar refractivity (Wildman–Crippen MR) is 111 cm³/mol. The lowest BCUT2D eigenvalue weighted by molar-refractivity contribution is 0.0784. The number of likely N-dealkylation sites (tertiary alicyclic amines) is 1. The number of para-hydroxylation sites is 2. The topological polar surface area (TPSA) is 78.6 Å². The van der Waals surface area contributed by atoms with Gasteiger partial charge in [-0.15, -0.1) is 0 Å². The Hall–Kier alpha value is -3.38. The van der Waals surface area contributed by atoms with E-state index in [0.29, 0.717) is 24.5 Å². The summed E-state index contributed by atoms with van der Waals surface area (Å²) in [5.74, 6) is 0.436. The number of aromatic hydroxyl groups is 1. The second kappa shape index (κ2) is 6.90. The van der Waals surface area contributed by atoms with Crippen molar-refractivity contribution in [1.82, 2.24) is 14.5 Å². The fourth-order valence-corrected chi connectivity index (χ4v) is 4.32. The molecule has 5 rings (SSSR count). The van der Waals surface area contributed by atoms with Crippen LogP contribution in [-0.4, -0.2) is 43.7 Å². The number of hydrogen-bond donors (Lipinski definition) is 2. The lowest BCUT2D eigenvalue weighted by Gasteiger charge is -2.19. The van der Waals surface area contributed by atoms with Crippen molar-refractivity contribution in [2.24, 2.45) is 0 Å². The fraction of sp³-hybridized carbons (Fsp3) is 0.217. The standard InChI is InChI=1S/C23H21N3O3/c27-14-22-24-19-7-3-4-8-20(19)26(22)17-9-10-25(13-17)23(29)18-11-15-5-1-2-6-16(15)12-21(18)28/h1-8,11-12,17,27-28H,9-10,13-14H2. The van der Waals surface area contributed by atoms with E-state index in [2.05, 4.69) is 4.98 Å². The summed E-state index contributed by atoms with van der Waals surface area (Å²) in [5.41, 5.74) is 2.13. The minimum Gasteiger partial charge on any atom is -0.507 e. The first-order valence-corrected chi connectivity index (χ1v) is 9.73. The number of phenols is 1. The van der Waals surface area contributed by atoms with E-state index in [0.717, 1.165) is 28.2 Å². The summed E-state index contributed by atoms with van der Waals surface area (Å²) in [6.07, 6.45) is 0.771. The maximum absolute atomic E-state index is 13.1. The molecule has 6 nitrogen and oxygen atoms in total. The first-order valence-electron chi connectivity index (χ1n) is 9.73. The number of imidazole rings is 1. The monoisotopic (exact) mass is 387 g/mol. The van der Waals surface area contributed by atoms with Gasteiger partial charge < -0.3 is 19.7 Å². The van der Waals surface area contributed by atoms with Crippen molar-refractivity contribution in [3.05, 3.63) is 72.1 Å². The molecule has 2 N–H and O–H groups in total. The Morgan fingerprint density at radius 2 is 1.79 bits per heavy atom. The zero-order valence-electron chi connectivity index (χ0n) is 15.8. The molecule has 0 aliphatic carbocycles. The van der Waals surface area contributed by atoms with Crippen LogP contribution < -0.4 is 0 Å². The largest absolute Gasteiger partial charge is 0.507 e. The summed E-state index contributed by atoms with van der Waals surface area (Å²) < 4.78 is 2.04. The van der Waals surface area contributed by atoms with Crippen LogP contribution in [0.5, 0.6) is 5.75 Å². The molecule has 1 atom stereocenters. The molecular formula is C23H21N3O3. The second-order valence-electron chi connectivity index (χ2n) is 7.46. The number of rotatable bonds is 3. The van der Waals surface area contributed by atoms with E-state index < -0.39 is 0 Å². The molecule has 1 aromatic heterocycles. The number of carbonyl (C=O) groups excluding carboxylic acids is 1. The maximum Gasteiger partial charge on any atom is 0.257 e. The molecule has 1 saturated heterocycles. The van der Waals surface area contributed by atoms with E-state index in [1.807, 2.05) is 53.1 Å². The first-order chi connectivity index (χ1) is 14.2. The highest BCUT2D eigenvalue weighted by Crippen LogP contribution is 2.31. The number of aliphatic hydroxyl groups is 1. The zero-order chi connectivity index (χ0) is 20.0. The normalized spacial score (nSPS) is 16.7. The van der Waals surface area contributed by atoms with Crippen molar-refractivity contribution >= 4 is 27.7 Å². The number of amides is 1. The fourth-order valence-electron chi connectivity index (χ4n) is 4.32. The Morgan fingerprint density at radius 3 is 2.59 bits per heavy atom. The van der Waals surface area contributed by atoms with E-state index in [-0.39, 0.29) is 24.3 Å². The number of benzene rings is 3. The summed E-state index contributed by atoms with van der Waals surface area (Å²) in [6.45, 7) is 0.955. The van der Waals surface area contributed by atoms with E-state index in [9.17, 15) is 15.0 Å². The highest BCUT2D eigenvalue weighted by molar-refractivity contribution is 6.01. The third-order valence-electron chi connectivity index (χ3n) is 5.72. The number of hydrogen-bond acceptors (Lipinski definition) is 4. The first kappa shape index (κ1) is 17.7. The van der Waals surface area contributed by atoms with Crippen LogP contribution >= 0.6 is 0 Å². The molecule has 4 aromatic rings. The van der Waals surface area contributed by atoms with Gasteiger partial charge in [0.05, 0.1) is 22.6 Å². The Labute approximate surface area is 167 Å². The number of aliphatic hydroxyl groups excluding tert-OH is 1. The molecule has 1 amide bonds. The average Bonchev–Trinajstić information content (AvgIpc) is 3.37. The number of carbonyl (C=O) groups is 1. The van der Waals surface area contributed by atoms with Crippen LogP contribution in [0, 0.1) is 0 Å². The molecule has 2 heterocycles. The molecule has 1 unspecified atom stereocenters. The SMILES string of the molecule is O=C(c1cc2ccccc2cc1O)N1CCC(n2c(CO)nc3ccccc32)C1. The number of aromatic nitrogens is 2. The average molecular weight is 387 g/mol. The highest BCUT2D eigenvalue weighted by atomic mass is 16.3. The van der Waals surface area contributed by atoms with Crippen LogP contribution in [0.1, 0.15) is 28.6 Å². The van der Waals surface area contributed by atoms with Gasteiger partial charge in [-0.2, -0.15) is 0 Å². The molecular weight excluding hydrogens is 366 g/mol. The smallest absolute Gasteiger partial charge is 0.257 e. The minimum absolute atomic E-state index is 0.00118. The Morgan fingerprint density at radius 1 is 1.07 bits per heavy atom. The van der Waals surface area contributed by atoms with E-state index in [1.54, 1.807) is 17.0 Å². The van der Waals surface area contributed by atoms with Crippen molar-refractivity contribution in [2.45, 2.75) is 19.1 Å². The van der Waals surface area contributed by atoms with Crippen LogP contribution in [-0.2, 0) is 6.61 Å². The van der Waals surface area contributed by atoms with Gasteiger partial charge in [-0.1, -0.05) is 36.4 Å². The third kappa shape index (κ3) is 2.93. The van der Waals surface area contributed by atoms with Crippen LogP contribution in [0.4, 0.5) is 0 Å². The van der Waals surface area contributed by atoms with Gasteiger partial charge in [0, 0.05) is 13.1 Å². The molecule has 1 aliphatic rings. The summed E-state index contributed by atoms with van der Waals surface area (Å²) in [5, 5.41) is 22.0. The van der Waals surface area contributed by atoms with Crippen molar-refractivity contribution < 1.29 is 15.0 Å². The van der Waals surface area contributed by atoms with Gasteiger partial charge in [0.25, 0.3) is 5.91 Å². The van der Waals surface area contributed by atoms with Crippen LogP contribution in [0.25, 0.3) is 21.8 Å². The predicted octanol–water partition coefficient (Wildman–Crippen LogP) is 3.47. The maximum atomic E-state index is 13.1. The van der Waals surface area contributed by atoms with Gasteiger partial charge in [0.1, 0.15) is 18.2 Å². The van der Waals surface area contributed by atoms with Gasteiger partial charge in [-0.3, -0.25) is 4.79 Å². The van der Waals surface area contributed by atoms with E-state index in [1.165, 1.54) is 0 Å². The van der Waals surface area contributed by atoms with Gasteiger partial charge in [-0.25, -0.2) is 4.98 Å². The number of nitrogens with zero attached hydrogens (tertiary/aromatic N) is 3. The van der Waals surface area contributed by atoms with Gasteiger partial charge in [-0.05, 0) is 41.5 Å². The van der Waals surface area contributed by atoms with Crippen LogP contribution in [0.3, 0.4) is 0 Å². The van der Waals surface area contributed by atoms with Crippen molar-refractivity contribution in [1.29, 1.82) is 0 Å². The van der Waals surface area contributed by atoms with E-state index >= 15 is 0 Å². The summed E-state index contributed by atoms with van der Waals surface area (Å²) in [4.78, 5) is 19.4. The Balaban J connectivity index is 1.46. The number of fused-ring (bicyclic) bond motifs is 2. The second-order valence-corrected chi connectivity index (χ2v) is 7.46. The third-order valence-corrected chi connectivity index (χ3v) is 5.72. The quantitative estimate of drug-likeness (QED) is 0.564. The summed E-state index contributed by atoms with van der Waals surface area (Å²) in [7, 11) is 0. The molecule has 146 valence electrons. The molecule has 6 heteroatoms. The highest BCUT2D eigenvalue weighted by Gasteiger charge is 2.31. The molecule has 3 aromatic carbocycles. The van der Waals surface area contributed by atoms with Crippen molar-refractivity contribution in [2.75, 3.05) is 13.1 Å². The molecule has 0 saturated carbocycles. The minimum atomic E-state index is -0.175. The molecule has 0 radical (unpaired) electrons. The molecule has 1 aliphatic heterocycles. The zero-order valence-corrected chi connectivity index (χ0v) is 15.8. The van der Waals surface area contributed by atoms with Crippen molar-refractivity contribution in [3.63, 3.8) is 0 Å². The van der Waals surface area contributed by atoms with Crippen LogP contribution in [0.2, 0.25) is 0 Å². The van der Waals surface area contributed by atoms with Crippen molar-refractivity contribution in [3.8, 4) is 5.75 Å². The van der Waals surface area contributed by atoms with Gasteiger partial charge in [0.15, 0.2) is 0 Å². The molecule has 0 bridgehead atoms. The lowest BCUT2D eigenvalue weighted by atomic mass is 10.1. The lowest BCUT2D eigenvalue weighted by Crippen LogP contribution is -2.29. The van der Waals surface area contributed by atoms with E-state index in [4.69, 9.17) is 0 Å². The Bertz CT molecular complexity index is 1230.